The Hall–Kier alpha value is -3.74. The van der Waals surface area contributed by atoms with Crippen LogP contribution >= 0.6 is 0 Å². The van der Waals surface area contributed by atoms with Gasteiger partial charge in [-0.1, -0.05) is 30.7 Å². The fourth-order valence-corrected chi connectivity index (χ4v) is 4.08. The van der Waals surface area contributed by atoms with Crippen LogP contribution < -0.4 is 10.1 Å². The zero-order chi connectivity index (χ0) is 22.6. The summed E-state index contributed by atoms with van der Waals surface area (Å²) < 4.78 is 5.88. The molecule has 1 N–H and O–H groups in total. The van der Waals surface area contributed by atoms with E-state index in [4.69, 9.17) is 4.74 Å². The molecule has 2 amide bonds. The number of urea groups is 1. The summed E-state index contributed by atoms with van der Waals surface area (Å²) >= 11 is 0. The molecule has 2 aromatic heterocycles. The summed E-state index contributed by atoms with van der Waals surface area (Å²) in [6.45, 7) is 3.51. The van der Waals surface area contributed by atoms with Gasteiger partial charge in [0.2, 0.25) is 0 Å². The number of carbonyl (C=O) groups is 1. The summed E-state index contributed by atoms with van der Waals surface area (Å²) in [5, 5.41) is 2.92. The summed E-state index contributed by atoms with van der Waals surface area (Å²) in [6, 6.07) is 11.9. The van der Waals surface area contributed by atoms with Crippen molar-refractivity contribution in [1.29, 1.82) is 0 Å². The first-order valence-corrected chi connectivity index (χ1v) is 11.4. The van der Waals surface area contributed by atoms with E-state index in [1.807, 2.05) is 47.6 Å². The van der Waals surface area contributed by atoms with Crippen LogP contribution in [0.15, 0.2) is 66.8 Å². The summed E-state index contributed by atoms with van der Waals surface area (Å²) in [5.74, 6) is 1.61. The van der Waals surface area contributed by atoms with Gasteiger partial charge in [0, 0.05) is 31.7 Å². The van der Waals surface area contributed by atoms with Gasteiger partial charge in [-0.2, -0.15) is 0 Å². The number of piperidine rings is 1. The highest BCUT2D eigenvalue weighted by atomic mass is 16.5. The van der Waals surface area contributed by atoms with Gasteiger partial charge in [-0.05, 0) is 66.5 Å². The molecule has 2 fully saturated rings. The van der Waals surface area contributed by atoms with Crippen molar-refractivity contribution in [2.75, 3.05) is 18.4 Å². The van der Waals surface area contributed by atoms with E-state index in [1.54, 1.807) is 12.4 Å². The number of rotatable bonds is 5. The van der Waals surface area contributed by atoms with Crippen LogP contribution in [-0.2, 0) is 0 Å². The molecular formula is C26H27N5O2. The zero-order valence-electron chi connectivity index (χ0n) is 18.6. The third-order valence-electron chi connectivity index (χ3n) is 6.11. The van der Waals surface area contributed by atoms with E-state index < -0.39 is 0 Å². The lowest BCUT2D eigenvalue weighted by atomic mass is 9.91. The molecule has 0 spiro atoms. The molecule has 1 saturated heterocycles. The van der Waals surface area contributed by atoms with Crippen LogP contribution in [0, 0.1) is 5.92 Å². The smallest absolute Gasteiger partial charge is 0.321 e. The van der Waals surface area contributed by atoms with Crippen molar-refractivity contribution in [2.24, 2.45) is 5.92 Å². The lowest BCUT2D eigenvalue weighted by Gasteiger charge is -2.33. The number of ether oxygens (including phenoxy) is 1. The average Bonchev–Trinajstić information content (AvgIpc) is 3.67. The quantitative estimate of drug-likeness (QED) is 0.566. The standard InChI is InChI=1S/C26H27N5O2/c1-18-17-31(26(32)30-23-5-3-10-27-16-23)11-9-21(18)12-19-4-2-6-24(13-19)33-25-28-14-22(15-29-25)20-7-8-20/h2-6,10,12-16,18,20H,7-9,11,17H2,1H3,(H,30,32)/b21-12+. The minimum absolute atomic E-state index is 0.0861. The van der Waals surface area contributed by atoms with Crippen LogP contribution in [-0.4, -0.2) is 39.0 Å². The molecule has 7 nitrogen and oxygen atoms in total. The maximum absolute atomic E-state index is 12.6. The highest BCUT2D eigenvalue weighted by Gasteiger charge is 2.25. The van der Waals surface area contributed by atoms with Crippen molar-refractivity contribution in [1.82, 2.24) is 19.9 Å². The second-order valence-electron chi connectivity index (χ2n) is 8.74. The van der Waals surface area contributed by atoms with Crippen molar-refractivity contribution in [3.8, 4) is 11.8 Å². The Morgan fingerprint density at radius 1 is 1.15 bits per heavy atom. The molecule has 168 valence electrons. The second kappa shape index (κ2) is 9.40. The molecule has 2 aliphatic rings. The summed E-state index contributed by atoms with van der Waals surface area (Å²) in [4.78, 5) is 27.2. The van der Waals surface area contributed by atoms with Gasteiger partial charge in [-0.15, -0.1) is 0 Å². The molecule has 1 aliphatic carbocycles. The summed E-state index contributed by atoms with van der Waals surface area (Å²) in [5.41, 5.74) is 4.29. The highest BCUT2D eigenvalue weighted by Crippen LogP contribution is 2.39. The van der Waals surface area contributed by atoms with Crippen molar-refractivity contribution in [2.45, 2.75) is 32.1 Å². The van der Waals surface area contributed by atoms with E-state index in [1.165, 1.54) is 24.0 Å². The van der Waals surface area contributed by atoms with E-state index in [0.29, 0.717) is 36.5 Å². The molecule has 1 unspecified atom stereocenters. The van der Waals surface area contributed by atoms with Crippen LogP contribution in [0.5, 0.6) is 11.8 Å². The van der Waals surface area contributed by atoms with Gasteiger partial charge in [0.05, 0.1) is 11.9 Å². The number of nitrogens with one attached hydrogen (secondary N) is 1. The Labute approximate surface area is 193 Å². The number of likely N-dealkylation sites (tertiary alicyclic amines) is 1. The molecule has 33 heavy (non-hydrogen) atoms. The van der Waals surface area contributed by atoms with Crippen molar-refractivity contribution >= 4 is 17.8 Å². The SMILES string of the molecule is CC1CN(C(=O)Nc2cccnc2)CC/C1=C\c1cccc(Oc2ncc(C3CC3)cn2)c1. The van der Waals surface area contributed by atoms with Gasteiger partial charge >= 0.3 is 12.0 Å². The van der Waals surface area contributed by atoms with E-state index in [9.17, 15) is 4.79 Å². The molecule has 7 heteroatoms. The monoisotopic (exact) mass is 441 g/mol. The molecule has 3 aromatic rings. The Morgan fingerprint density at radius 3 is 2.73 bits per heavy atom. The van der Waals surface area contributed by atoms with Crippen LogP contribution in [0.1, 0.15) is 43.2 Å². The number of carbonyl (C=O) groups excluding carboxylic acids is 1. The number of hydrogen-bond donors (Lipinski definition) is 1. The minimum Gasteiger partial charge on any atom is -0.424 e. The van der Waals surface area contributed by atoms with Gasteiger partial charge in [0.15, 0.2) is 0 Å². The molecule has 1 saturated carbocycles. The maximum atomic E-state index is 12.6. The van der Waals surface area contributed by atoms with E-state index in [0.717, 1.165) is 12.0 Å². The molecule has 1 aliphatic heterocycles. The van der Waals surface area contributed by atoms with Crippen LogP contribution in [0.3, 0.4) is 0 Å². The fourth-order valence-electron chi connectivity index (χ4n) is 4.08. The van der Waals surface area contributed by atoms with E-state index >= 15 is 0 Å². The molecule has 1 atom stereocenters. The molecule has 0 bridgehead atoms. The van der Waals surface area contributed by atoms with Gasteiger partial charge in [-0.3, -0.25) is 4.98 Å². The molecule has 0 radical (unpaired) electrons. The lowest BCUT2D eigenvalue weighted by Crippen LogP contribution is -2.42. The van der Waals surface area contributed by atoms with Crippen LogP contribution in [0.25, 0.3) is 6.08 Å². The Morgan fingerprint density at radius 2 is 2.00 bits per heavy atom. The van der Waals surface area contributed by atoms with Gasteiger partial charge in [0.1, 0.15) is 5.75 Å². The second-order valence-corrected chi connectivity index (χ2v) is 8.74. The van der Waals surface area contributed by atoms with Crippen LogP contribution in [0.4, 0.5) is 10.5 Å². The first-order valence-electron chi connectivity index (χ1n) is 11.4. The first-order chi connectivity index (χ1) is 16.1. The van der Waals surface area contributed by atoms with Crippen molar-refractivity contribution in [3.05, 3.63) is 77.9 Å². The highest BCUT2D eigenvalue weighted by molar-refractivity contribution is 5.89. The Balaban J connectivity index is 1.21. The van der Waals surface area contributed by atoms with Gasteiger partial charge in [-0.25, -0.2) is 14.8 Å². The Kier molecular flexibility index (Phi) is 6.02. The molecular weight excluding hydrogens is 414 g/mol. The topological polar surface area (TPSA) is 80.2 Å². The number of anilines is 1. The van der Waals surface area contributed by atoms with Crippen molar-refractivity contribution in [3.63, 3.8) is 0 Å². The molecule has 3 heterocycles. The number of pyridine rings is 1. The zero-order valence-corrected chi connectivity index (χ0v) is 18.6. The summed E-state index contributed by atoms with van der Waals surface area (Å²) in [6.07, 6.45) is 12.6. The number of amides is 2. The number of benzene rings is 1. The number of nitrogens with zero attached hydrogens (tertiary/aromatic N) is 4. The van der Waals surface area contributed by atoms with Crippen LogP contribution in [0.2, 0.25) is 0 Å². The first kappa shape index (κ1) is 21.1. The van der Waals surface area contributed by atoms with Gasteiger partial charge in [0.25, 0.3) is 0 Å². The van der Waals surface area contributed by atoms with Crippen molar-refractivity contribution < 1.29 is 9.53 Å². The minimum atomic E-state index is -0.0861. The third kappa shape index (κ3) is 5.37. The predicted molar refractivity (Wildman–Crippen MR) is 127 cm³/mol. The molecule has 1 aromatic carbocycles. The lowest BCUT2D eigenvalue weighted by molar-refractivity contribution is 0.198. The maximum Gasteiger partial charge on any atom is 0.321 e. The molecule has 5 rings (SSSR count). The van der Waals surface area contributed by atoms with E-state index in [-0.39, 0.29) is 11.9 Å². The number of hydrogen-bond acceptors (Lipinski definition) is 5. The predicted octanol–water partition coefficient (Wildman–Crippen LogP) is 5.50. The number of aromatic nitrogens is 3. The normalized spacial score (nSPS) is 19.4. The summed E-state index contributed by atoms with van der Waals surface area (Å²) in [7, 11) is 0. The Bertz CT molecular complexity index is 1140. The fraction of sp³-hybridized carbons (Fsp3) is 0.308. The largest absolute Gasteiger partial charge is 0.424 e. The van der Waals surface area contributed by atoms with Gasteiger partial charge < -0.3 is 15.0 Å². The van der Waals surface area contributed by atoms with E-state index in [2.05, 4.69) is 39.3 Å². The average molecular weight is 442 g/mol. The third-order valence-corrected chi connectivity index (χ3v) is 6.11.